The van der Waals surface area contributed by atoms with Crippen molar-refractivity contribution >= 4 is 35.1 Å². The highest BCUT2D eigenvalue weighted by molar-refractivity contribution is 6.31. The van der Waals surface area contributed by atoms with E-state index in [1.165, 1.54) is 0 Å². The zero-order chi connectivity index (χ0) is 17.6. The molecule has 0 spiro atoms. The summed E-state index contributed by atoms with van der Waals surface area (Å²) in [5.41, 5.74) is 3.75. The van der Waals surface area contributed by atoms with Gasteiger partial charge in [0.05, 0.1) is 5.69 Å². The Morgan fingerprint density at radius 3 is 2.56 bits per heavy atom. The molecule has 0 saturated carbocycles. The minimum Gasteiger partial charge on any atom is -0.488 e. The molecule has 0 aliphatic heterocycles. The van der Waals surface area contributed by atoms with Crippen LogP contribution < -0.4 is 4.74 Å². The first-order valence-electron chi connectivity index (χ1n) is 7.89. The molecule has 0 atom stereocenters. The Morgan fingerprint density at radius 1 is 0.960 bits per heavy atom. The van der Waals surface area contributed by atoms with Gasteiger partial charge in [-0.15, -0.1) is 0 Å². The molecule has 0 aliphatic rings. The molecule has 25 heavy (non-hydrogen) atoms. The summed E-state index contributed by atoms with van der Waals surface area (Å²) in [6.07, 6.45) is 1.79. The average Bonchev–Trinajstić information content (AvgIpc) is 2.62. The Kier molecular flexibility index (Phi) is 5.75. The van der Waals surface area contributed by atoms with E-state index >= 15 is 0 Å². The summed E-state index contributed by atoms with van der Waals surface area (Å²) in [6.45, 7) is 2.41. The van der Waals surface area contributed by atoms with Crippen LogP contribution in [0.2, 0.25) is 10.0 Å². The highest BCUT2D eigenvalue weighted by Crippen LogP contribution is 2.25. The molecule has 0 aromatic heterocycles. The van der Waals surface area contributed by atoms with E-state index < -0.39 is 0 Å². The fourth-order valence-corrected chi connectivity index (χ4v) is 2.71. The smallest absolute Gasteiger partial charge is 0.128 e. The van der Waals surface area contributed by atoms with E-state index in [0.717, 1.165) is 28.1 Å². The predicted molar refractivity (Wildman–Crippen MR) is 106 cm³/mol. The zero-order valence-corrected chi connectivity index (χ0v) is 15.3. The summed E-state index contributed by atoms with van der Waals surface area (Å²) in [5.74, 6) is 0.755. The van der Waals surface area contributed by atoms with Crippen LogP contribution in [-0.2, 0) is 6.61 Å². The van der Waals surface area contributed by atoms with Gasteiger partial charge in [-0.05, 0) is 42.8 Å². The van der Waals surface area contributed by atoms with Crippen LogP contribution in [0.15, 0.2) is 71.7 Å². The highest BCUT2D eigenvalue weighted by Gasteiger charge is 2.04. The number of hydrogen-bond donors (Lipinski definition) is 0. The van der Waals surface area contributed by atoms with Crippen LogP contribution in [0, 0.1) is 6.92 Å². The molecule has 126 valence electrons. The van der Waals surface area contributed by atoms with E-state index in [2.05, 4.69) is 4.99 Å². The molecule has 3 aromatic carbocycles. The Labute approximate surface area is 157 Å². The van der Waals surface area contributed by atoms with E-state index in [4.69, 9.17) is 27.9 Å². The third-order valence-corrected chi connectivity index (χ3v) is 4.38. The van der Waals surface area contributed by atoms with Gasteiger partial charge in [-0.1, -0.05) is 59.6 Å². The second kappa shape index (κ2) is 8.19. The maximum Gasteiger partial charge on any atom is 0.128 e. The molecule has 0 fully saturated rings. The van der Waals surface area contributed by atoms with Crippen molar-refractivity contribution in [2.24, 2.45) is 4.99 Å². The van der Waals surface area contributed by atoms with Gasteiger partial charge in [-0.3, -0.25) is 4.99 Å². The number of ether oxygens (including phenoxy) is 1. The average molecular weight is 370 g/mol. The van der Waals surface area contributed by atoms with Crippen molar-refractivity contribution in [3.05, 3.63) is 93.5 Å². The molecular weight excluding hydrogens is 353 g/mol. The van der Waals surface area contributed by atoms with Crippen molar-refractivity contribution in [2.45, 2.75) is 13.5 Å². The molecule has 2 nitrogen and oxygen atoms in total. The quantitative estimate of drug-likeness (QED) is 0.462. The minimum absolute atomic E-state index is 0.403. The van der Waals surface area contributed by atoms with E-state index in [0.29, 0.717) is 16.7 Å². The van der Waals surface area contributed by atoms with Crippen LogP contribution in [0.5, 0.6) is 5.75 Å². The number of benzene rings is 3. The van der Waals surface area contributed by atoms with Crippen LogP contribution in [0.25, 0.3) is 0 Å². The second-order valence-corrected chi connectivity index (χ2v) is 6.45. The van der Waals surface area contributed by atoms with Crippen LogP contribution in [-0.4, -0.2) is 6.21 Å². The number of aryl methyl sites for hydroxylation is 1. The van der Waals surface area contributed by atoms with Crippen molar-refractivity contribution in [2.75, 3.05) is 0 Å². The number of nitrogens with zero attached hydrogens (tertiary/aromatic N) is 1. The monoisotopic (exact) mass is 369 g/mol. The van der Waals surface area contributed by atoms with Gasteiger partial charge in [-0.25, -0.2) is 0 Å². The van der Waals surface area contributed by atoms with Gasteiger partial charge >= 0.3 is 0 Å². The SMILES string of the molecule is Cc1ccc(Cl)cc1N=Cc1ccccc1OCc1ccccc1Cl. The molecule has 3 aromatic rings. The Bertz CT molecular complexity index is 906. The number of rotatable bonds is 5. The van der Waals surface area contributed by atoms with Gasteiger partial charge in [0.2, 0.25) is 0 Å². The maximum absolute atomic E-state index is 6.18. The molecule has 0 bridgehead atoms. The molecule has 0 amide bonds. The van der Waals surface area contributed by atoms with Crippen LogP contribution in [0.4, 0.5) is 5.69 Å². The van der Waals surface area contributed by atoms with Crippen molar-refractivity contribution in [3.8, 4) is 5.75 Å². The fraction of sp³-hybridized carbons (Fsp3) is 0.0952. The molecule has 3 rings (SSSR count). The molecular formula is C21H17Cl2NO. The van der Waals surface area contributed by atoms with Gasteiger partial charge in [0.25, 0.3) is 0 Å². The Balaban J connectivity index is 1.80. The number of aliphatic imine (C=N–C) groups is 1. The predicted octanol–water partition coefficient (Wildman–Crippen LogP) is 6.63. The lowest BCUT2D eigenvalue weighted by atomic mass is 10.2. The van der Waals surface area contributed by atoms with Crippen molar-refractivity contribution < 1.29 is 4.74 Å². The lowest BCUT2D eigenvalue weighted by Crippen LogP contribution is -1.98. The first-order valence-corrected chi connectivity index (χ1v) is 8.64. The number of para-hydroxylation sites is 1. The zero-order valence-electron chi connectivity index (χ0n) is 13.7. The number of hydrogen-bond acceptors (Lipinski definition) is 2. The second-order valence-electron chi connectivity index (χ2n) is 5.61. The van der Waals surface area contributed by atoms with Crippen LogP contribution in [0.3, 0.4) is 0 Å². The molecule has 0 N–H and O–H groups in total. The van der Waals surface area contributed by atoms with Crippen LogP contribution in [0.1, 0.15) is 16.7 Å². The molecule has 0 radical (unpaired) electrons. The van der Waals surface area contributed by atoms with Crippen molar-refractivity contribution in [3.63, 3.8) is 0 Å². The first kappa shape index (κ1) is 17.5. The van der Waals surface area contributed by atoms with Gasteiger partial charge in [0, 0.05) is 27.4 Å². The molecule has 0 unspecified atom stereocenters. The minimum atomic E-state index is 0.403. The Morgan fingerprint density at radius 2 is 1.72 bits per heavy atom. The summed E-state index contributed by atoms with van der Waals surface area (Å²) >= 11 is 12.2. The lowest BCUT2D eigenvalue weighted by molar-refractivity contribution is 0.306. The van der Waals surface area contributed by atoms with E-state index in [1.807, 2.05) is 73.7 Å². The van der Waals surface area contributed by atoms with Crippen molar-refractivity contribution in [1.29, 1.82) is 0 Å². The van der Waals surface area contributed by atoms with Crippen molar-refractivity contribution in [1.82, 2.24) is 0 Å². The normalized spacial score (nSPS) is 11.0. The summed E-state index contributed by atoms with van der Waals surface area (Å²) < 4.78 is 5.94. The van der Waals surface area contributed by atoms with Gasteiger partial charge in [0.1, 0.15) is 12.4 Å². The van der Waals surface area contributed by atoms with Gasteiger partial charge in [0.15, 0.2) is 0 Å². The number of halogens is 2. The maximum atomic E-state index is 6.18. The van der Waals surface area contributed by atoms with E-state index in [1.54, 1.807) is 6.21 Å². The first-order chi connectivity index (χ1) is 12.1. The topological polar surface area (TPSA) is 21.6 Å². The fourth-order valence-electron chi connectivity index (χ4n) is 2.35. The Hall–Kier alpha value is -2.29. The standard InChI is InChI=1S/C21H17Cl2NO/c1-15-10-11-18(22)12-20(15)24-13-16-6-3-5-9-21(16)25-14-17-7-2-4-8-19(17)23/h2-13H,14H2,1H3. The molecule has 0 saturated heterocycles. The lowest BCUT2D eigenvalue weighted by Gasteiger charge is -2.10. The molecule has 0 aliphatic carbocycles. The largest absolute Gasteiger partial charge is 0.488 e. The molecule has 4 heteroatoms. The third-order valence-electron chi connectivity index (χ3n) is 3.77. The van der Waals surface area contributed by atoms with E-state index in [9.17, 15) is 0 Å². The van der Waals surface area contributed by atoms with E-state index in [-0.39, 0.29) is 0 Å². The van der Waals surface area contributed by atoms with Gasteiger partial charge < -0.3 is 4.74 Å². The molecule has 0 heterocycles. The van der Waals surface area contributed by atoms with Gasteiger partial charge in [-0.2, -0.15) is 0 Å². The summed E-state index contributed by atoms with van der Waals surface area (Å²) in [6, 6.07) is 21.1. The summed E-state index contributed by atoms with van der Waals surface area (Å²) in [7, 11) is 0. The third kappa shape index (κ3) is 4.62. The summed E-state index contributed by atoms with van der Waals surface area (Å²) in [5, 5.41) is 1.37. The van der Waals surface area contributed by atoms with Crippen LogP contribution >= 0.6 is 23.2 Å². The summed E-state index contributed by atoms with van der Waals surface area (Å²) in [4.78, 5) is 4.55. The highest BCUT2D eigenvalue weighted by atomic mass is 35.5.